The zero-order chi connectivity index (χ0) is 20.4. The van der Waals surface area contributed by atoms with Gasteiger partial charge in [0.25, 0.3) is 0 Å². The Morgan fingerprint density at radius 3 is 2.52 bits per heavy atom. The molecule has 3 heterocycles. The Bertz CT molecular complexity index is 998. The average Bonchev–Trinajstić information content (AvgIpc) is 3.17. The number of rotatable bonds is 6. The lowest BCUT2D eigenvalue weighted by atomic mass is 10.1. The lowest BCUT2D eigenvalue weighted by molar-refractivity contribution is 0.265. The van der Waals surface area contributed by atoms with E-state index in [0.717, 1.165) is 49.6 Å². The number of piperazine rings is 1. The van der Waals surface area contributed by atoms with Gasteiger partial charge in [0.05, 0.1) is 24.9 Å². The molecule has 0 amide bonds. The quantitative estimate of drug-likeness (QED) is 0.667. The summed E-state index contributed by atoms with van der Waals surface area (Å²) in [6.07, 6.45) is 4.03. The molecule has 1 saturated heterocycles. The molecule has 0 unspecified atom stereocenters. The van der Waals surface area contributed by atoms with Crippen molar-refractivity contribution < 1.29 is 9.47 Å². The molecule has 4 rings (SSSR count). The second-order valence-corrected chi connectivity index (χ2v) is 7.49. The number of nitrogens with zero attached hydrogens (tertiary/aromatic N) is 4. The standard InChI is InChI=1S/C21H26ClN5O2/c1-28-19-13-20(29-2)17(22)12-16(19)18-14-27-5-3-15(11-21(27)24-18)26-9-7-25(6-4-23)8-10-26/h3,5,11-14H,4,6-10,23H2,1-2H3. The van der Waals surface area contributed by atoms with Gasteiger partial charge in [-0.05, 0) is 12.1 Å². The Kier molecular flexibility index (Phi) is 5.80. The van der Waals surface area contributed by atoms with Crippen molar-refractivity contribution in [3.8, 4) is 22.8 Å². The first-order valence-electron chi connectivity index (χ1n) is 9.71. The fourth-order valence-electron chi connectivity index (χ4n) is 3.77. The fourth-order valence-corrected chi connectivity index (χ4v) is 4.01. The minimum atomic E-state index is 0.524. The number of anilines is 1. The highest BCUT2D eigenvalue weighted by atomic mass is 35.5. The van der Waals surface area contributed by atoms with Crippen molar-refractivity contribution in [1.29, 1.82) is 0 Å². The molecule has 0 atom stereocenters. The van der Waals surface area contributed by atoms with Gasteiger partial charge in [-0.25, -0.2) is 4.98 Å². The monoisotopic (exact) mass is 415 g/mol. The van der Waals surface area contributed by atoms with Crippen molar-refractivity contribution in [2.45, 2.75) is 0 Å². The Labute approximate surface area is 175 Å². The first-order chi connectivity index (χ1) is 14.1. The summed E-state index contributed by atoms with van der Waals surface area (Å²) in [4.78, 5) is 9.62. The first-order valence-corrected chi connectivity index (χ1v) is 10.1. The topological polar surface area (TPSA) is 68.3 Å². The van der Waals surface area contributed by atoms with Gasteiger partial charge in [0.15, 0.2) is 0 Å². The zero-order valence-electron chi connectivity index (χ0n) is 16.8. The number of hydrogen-bond acceptors (Lipinski definition) is 6. The van der Waals surface area contributed by atoms with Gasteiger partial charge in [0, 0.05) is 75.0 Å². The zero-order valence-corrected chi connectivity index (χ0v) is 17.5. The van der Waals surface area contributed by atoms with Gasteiger partial charge in [0.1, 0.15) is 17.1 Å². The van der Waals surface area contributed by atoms with Crippen LogP contribution in [0, 0.1) is 0 Å². The summed E-state index contributed by atoms with van der Waals surface area (Å²) < 4.78 is 12.8. The first kappa shape index (κ1) is 19.8. The number of nitrogens with two attached hydrogens (primary N) is 1. The molecule has 29 heavy (non-hydrogen) atoms. The highest BCUT2D eigenvalue weighted by Crippen LogP contribution is 2.38. The number of benzene rings is 1. The van der Waals surface area contributed by atoms with E-state index >= 15 is 0 Å². The normalized spacial score (nSPS) is 15.1. The van der Waals surface area contributed by atoms with Crippen LogP contribution in [0.2, 0.25) is 5.02 Å². The number of pyridine rings is 1. The van der Waals surface area contributed by atoms with Crippen LogP contribution in [0.25, 0.3) is 16.9 Å². The Hall–Kier alpha value is -2.48. The molecule has 1 aliphatic heterocycles. The summed E-state index contributed by atoms with van der Waals surface area (Å²) in [5, 5.41) is 0.524. The minimum absolute atomic E-state index is 0.524. The smallest absolute Gasteiger partial charge is 0.141 e. The van der Waals surface area contributed by atoms with Crippen LogP contribution in [0.15, 0.2) is 36.7 Å². The van der Waals surface area contributed by atoms with Crippen LogP contribution < -0.4 is 20.1 Å². The summed E-state index contributed by atoms with van der Waals surface area (Å²) in [5.41, 5.74) is 9.38. The highest BCUT2D eigenvalue weighted by Gasteiger charge is 2.18. The van der Waals surface area contributed by atoms with E-state index in [1.807, 2.05) is 22.9 Å². The largest absolute Gasteiger partial charge is 0.496 e. The molecule has 1 aromatic carbocycles. The van der Waals surface area contributed by atoms with Crippen LogP contribution in [0.3, 0.4) is 0 Å². The van der Waals surface area contributed by atoms with E-state index in [1.54, 1.807) is 20.3 Å². The van der Waals surface area contributed by atoms with Crippen LogP contribution in [-0.2, 0) is 0 Å². The van der Waals surface area contributed by atoms with E-state index < -0.39 is 0 Å². The van der Waals surface area contributed by atoms with Crippen LogP contribution in [0.5, 0.6) is 11.5 Å². The fraction of sp³-hybridized carbons (Fsp3) is 0.381. The molecule has 1 fully saturated rings. The maximum atomic E-state index is 6.33. The summed E-state index contributed by atoms with van der Waals surface area (Å²) in [5.74, 6) is 1.25. The van der Waals surface area contributed by atoms with Gasteiger partial charge in [-0.1, -0.05) is 11.6 Å². The van der Waals surface area contributed by atoms with Gasteiger partial charge >= 0.3 is 0 Å². The third-order valence-corrected chi connectivity index (χ3v) is 5.67. The third kappa shape index (κ3) is 3.99. The van der Waals surface area contributed by atoms with Crippen molar-refractivity contribution in [2.75, 3.05) is 58.4 Å². The van der Waals surface area contributed by atoms with E-state index in [0.29, 0.717) is 23.1 Å². The molecule has 2 aromatic heterocycles. The van der Waals surface area contributed by atoms with Crippen LogP contribution in [0.4, 0.5) is 5.69 Å². The molecule has 8 heteroatoms. The number of imidazole rings is 1. The molecule has 7 nitrogen and oxygen atoms in total. The second kappa shape index (κ2) is 8.49. The van der Waals surface area contributed by atoms with E-state index in [1.165, 1.54) is 5.69 Å². The summed E-state index contributed by atoms with van der Waals surface area (Å²) in [6.45, 7) is 5.72. The Morgan fingerprint density at radius 2 is 1.83 bits per heavy atom. The number of hydrogen-bond donors (Lipinski definition) is 1. The maximum absolute atomic E-state index is 6.33. The summed E-state index contributed by atoms with van der Waals surface area (Å²) >= 11 is 6.33. The third-order valence-electron chi connectivity index (χ3n) is 5.38. The van der Waals surface area contributed by atoms with Gasteiger partial charge < -0.3 is 24.5 Å². The predicted molar refractivity (Wildman–Crippen MR) is 116 cm³/mol. The Morgan fingerprint density at radius 1 is 1.07 bits per heavy atom. The van der Waals surface area contributed by atoms with Gasteiger partial charge in [-0.2, -0.15) is 0 Å². The molecular weight excluding hydrogens is 390 g/mol. The number of halogens is 1. The molecule has 0 spiro atoms. The molecule has 2 N–H and O–H groups in total. The van der Waals surface area contributed by atoms with Gasteiger partial charge in [-0.15, -0.1) is 0 Å². The molecule has 154 valence electrons. The minimum Gasteiger partial charge on any atom is -0.496 e. The summed E-state index contributed by atoms with van der Waals surface area (Å²) in [6, 6.07) is 7.88. The van der Waals surface area contributed by atoms with E-state index in [9.17, 15) is 0 Å². The van der Waals surface area contributed by atoms with Crippen molar-refractivity contribution in [3.63, 3.8) is 0 Å². The van der Waals surface area contributed by atoms with E-state index in [-0.39, 0.29) is 0 Å². The maximum Gasteiger partial charge on any atom is 0.141 e. The van der Waals surface area contributed by atoms with Crippen LogP contribution >= 0.6 is 11.6 Å². The van der Waals surface area contributed by atoms with Crippen molar-refractivity contribution in [1.82, 2.24) is 14.3 Å². The van der Waals surface area contributed by atoms with Gasteiger partial charge in [-0.3, -0.25) is 4.90 Å². The summed E-state index contributed by atoms with van der Waals surface area (Å²) in [7, 11) is 3.22. The van der Waals surface area contributed by atoms with Crippen molar-refractivity contribution in [3.05, 3.63) is 41.7 Å². The van der Waals surface area contributed by atoms with Gasteiger partial charge in [0.2, 0.25) is 0 Å². The SMILES string of the molecule is COc1cc(OC)c(-c2cn3ccc(N4CCN(CCN)CC4)cc3n2)cc1Cl. The molecule has 0 radical (unpaired) electrons. The van der Waals surface area contributed by atoms with E-state index in [2.05, 4.69) is 21.9 Å². The number of aromatic nitrogens is 2. The lowest BCUT2D eigenvalue weighted by Crippen LogP contribution is -2.47. The van der Waals surface area contributed by atoms with Crippen LogP contribution in [-0.4, -0.2) is 67.8 Å². The van der Waals surface area contributed by atoms with E-state index in [4.69, 9.17) is 31.8 Å². The molecule has 0 saturated carbocycles. The molecule has 0 aliphatic carbocycles. The molecule has 0 bridgehead atoms. The second-order valence-electron chi connectivity index (χ2n) is 7.08. The molecule has 3 aromatic rings. The highest BCUT2D eigenvalue weighted by molar-refractivity contribution is 6.32. The van der Waals surface area contributed by atoms with Crippen molar-refractivity contribution >= 4 is 22.9 Å². The van der Waals surface area contributed by atoms with Crippen molar-refractivity contribution in [2.24, 2.45) is 5.73 Å². The predicted octanol–water partition coefficient (Wildman–Crippen LogP) is 2.75. The Balaban J connectivity index is 1.62. The number of methoxy groups -OCH3 is 2. The lowest BCUT2D eigenvalue weighted by Gasteiger charge is -2.35. The molecular formula is C21H26ClN5O2. The van der Waals surface area contributed by atoms with Crippen LogP contribution in [0.1, 0.15) is 0 Å². The average molecular weight is 416 g/mol. The number of fused-ring (bicyclic) bond motifs is 1. The molecule has 1 aliphatic rings. The number of ether oxygens (including phenoxy) is 2.